The molecule has 0 heterocycles. The van der Waals surface area contributed by atoms with Gasteiger partial charge in [-0.25, -0.2) is 4.79 Å². The first kappa shape index (κ1) is 18.5. The predicted molar refractivity (Wildman–Crippen MR) is 100 cm³/mol. The number of ketones is 1. The number of benzene rings is 2. The van der Waals surface area contributed by atoms with Crippen LogP contribution >= 0.6 is 9.24 Å². The second kappa shape index (κ2) is 7.81. The van der Waals surface area contributed by atoms with E-state index >= 15 is 0 Å². The smallest absolute Gasteiger partial charge is 0.336 e. The van der Waals surface area contributed by atoms with Gasteiger partial charge in [0.15, 0.2) is 5.78 Å². The highest BCUT2D eigenvalue weighted by atomic mass is 31.0. The van der Waals surface area contributed by atoms with Crippen molar-refractivity contribution in [3.05, 3.63) is 53.1 Å². The number of nitrogen functional groups attached to an aromatic ring is 1. The van der Waals surface area contributed by atoms with Crippen molar-refractivity contribution >= 4 is 38.1 Å². The maximum atomic E-state index is 12.4. The van der Waals surface area contributed by atoms with Crippen molar-refractivity contribution in [1.29, 1.82) is 0 Å². The zero-order valence-electron chi connectivity index (χ0n) is 13.8. The second-order valence-electron chi connectivity index (χ2n) is 5.14. The van der Waals surface area contributed by atoms with Gasteiger partial charge in [-0.2, -0.15) is 0 Å². The molecule has 0 saturated carbocycles. The molecule has 0 bridgehead atoms. The van der Waals surface area contributed by atoms with Gasteiger partial charge < -0.3 is 20.3 Å². The zero-order valence-corrected chi connectivity index (χ0v) is 14.9. The SMILES string of the molecule is COc1cc(OC)c(/C=C/C(=O)c2ccc(N)cc2C(=O)O)cc1P. The Balaban J connectivity index is 2.39. The van der Waals surface area contributed by atoms with Gasteiger partial charge in [0.05, 0.1) is 19.8 Å². The van der Waals surface area contributed by atoms with Crippen LogP contribution < -0.4 is 20.5 Å². The quantitative estimate of drug-likeness (QED) is 0.356. The van der Waals surface area contributed by atoms with Crippen molar-refractivity contribution in [3.63, 3.8) is 0 Å². The monoisotopic (exact) mass is 359 g/mol. The fourth-order valence-electron chi connectivity index (χ4n) is 2.29. The van der Waals surface area contributed by atoms with Crippen LogP contribution in [0.2, 0.25) is 0 Å². The summed E-state index contributed by atoms with van der Waals surface area (Å²) in [7, 11) is 5.60. The number of carbonyl (C=O) groups excluding carboxylic acids is 1. The van der Waals surface area contributed by atoms with Gasteiger partial charge >= 0.3 is 5.97 Å². The third kappa shape index (κ3) is 4.17. The molecule has 2 rings (SSSR count). The lowest BCUT2D eigenvalue weighted by molar-refractivity contribution is 0.0693. The molecule has 0 amide bonds. The third-order valence-electron chi connectivity index (χ3n) is 3.54. The number of methoxy groups -OCH3 is 2. The van der Waals surface area contributed by atoms with Crippen LogP contribution in [0.3, 0.4) is 0 Å². The Labute approximate surface area is 147 Å². The van der Waals surface area contributed by atoms with Crippen LogP contribution in [0, 0.1) is 0 Å². The van der Waals surface area contributed by atoms with E-state index in [1.54, 1.807) is 25.3 Å². The molecule has 6 nitrogen and oxygen atoms in total. The van der Waals surface area contributed by atoms with Gasteiger partial charge in [-0.15, -0.1) is 9.24 Å². The third-order valence-corrected chi connectivity index (χ3v) is 3.99. The van der Waals surface area contributed by atoms with E-state index in [0.29, 0.717) is 17.1 Å². The van der Waals surface area contributed by atoms with Crippen molar-refractivity contribution in [2.45, 2.75) is 0 Å². The van der Waals surface area contributed by atoms with Crippen LogP contribution in [0.1, 0.15) is 26.3 Å². The van der Waals surface area contributed by atoms with Gasteiger partial charge in [-0.05, 0) is 36.4 Å². The minimum atomic E-state index is -1.21. The van der Waals surface area contributed by atoms with Gasteiger partial charge in [-0.1, -0.05) is 0 Å². The lowest BCUT2D eigenvalue weighted by Crippen LogP contribution is -2.08. The number of rotatable bonds is 6. The first-order valence-electron chi connectivity index (χ1n) is 7.24. The molecule has 0 radical (unpaired) electrons. The summed E-state index contributed by atoms with van der Waals surface area (Å²) in [6, 6.07) is 7.64. The molecular weight excluding hydrogens is 341 g/mol. The van der Waals surface area contributed by atoms with Gasteiger partial charge in [0.1, 0.15) is 11.5 Å². The number of allylic oxidation sites excluding steroid dienone is 1. The largest absolute Gasteiger partial charge is 0.496 e. The fraction of sp³-hybridized carbons (Fsp3) is 0.111. The second-order valence-corrected chi connectivity index (χ2v) is 5.77. The van der Waals surface area contributed by atoms with Crippen LogP contribution in [0.4, 0.5) is 5.69 Å². The Hall–Kier alpha value is -2.85. The summed E-state index contributed by atoms with van der Waals surface area (Å²) >= 11 is 0. The molecule has 0 spiro atoms. The van der Waals surface area contributed by atoms with E-state index in [4.69, 9.17) is 15.2 Å². The van der Waals surface area contributed by atoms with Gasteiger partial charge in [-0.3, -0.25) is 4.79 Å². The Kier molecular flexibility index (Phi) is 5.78. The van der Waals surface area contributed by atoms with E-state index in [-0.39, 0.29) is 16.8 Å². The van der Waals surface area contributed by atoms with Gasteiger partial charge in [0.2, 0.25) is 0 Å². The molecule has 2 aromatic rings. The molecule has 0 aliphatic carbocycles. The lowest BCUT2D eigenvalue weighted by Gasteiger charge is -2.10. The van der Waals surface area contributed by atoms with Crippen LogP contribution in [-0.4, -0.2) is 31.1 Å². The minimum absolute atomic E-state index is 0.0662. The molecule has 1 unspecified atom stereocenters. The molecule has 1 atom stereocenters. The van der Waals surface area contributed by atoms with Gasteiger partial charge in [0.25, 0.3) is 0 Å². The fourth-order valence-corrected chi connectivity index (χ4v) is 2.67. The number of ether oxygens (including phenoxy) is 2. The molecule has 0 aliphatic heterocycles. The van der Waals surface area contributed by atoms with Crippen molar-refractivity contribution in [1.82, 2.24) is 0 Å². The van der Waals surface area contributed by atoms with Crippen LogP contribution in [-0.2, 0) is 0 Å². The Morgan fingerprint density at radius 3 is 2.36 bits per heavy atom. The van der Waals surface area contributed by atoms with E-state index in [1.807, 2.05) is 0 Å². The number of aromatic carboxylic acids is 1. The zero-order chi connectivity index (χ0) is 18.6. The number of hydrogen-bond donors (Lipinski definition) is 2. The van der Waals surface area contributed by atoms with Crippen LogP contribution in [0.15, 0.2) is 36.4 Å². The van der Waals surface area contributed by atoms with Gasteiger partial charge in [0, 0.05) is 28.2 Å². The molecule has 130 valence electrons. The first-order chi connectivity index (χ1) is 11.9. The molecule has 2 aromatic carbocycles. The van der Waals surface area contributed by atoms with Crippen molar-refractivity contribution in [2.24, 2.45) is 0 Å². The average Bonchev–Trinajstić information content (AvgIpc) is 2.59. The summed E-state index contributed by atoms with van der Waals surface area (Å²) in [6.45, 7) is 0. The van der Waals surface area contributed by atoms with Crippen molar-refractivity contribution in [3.8, 4) is 11.5 Å². The molecule has 0 aromatic heterocycles. The molecule has 0 aliphatic rings. The Morgan fingerprint density at radius 2 is 1.76 bits per heavy atom. The lowest BCUT2D eigenvalue weighted by atomic mass is 10.0. The highest BCUT2D eigenvalue weighted by molar-refractivity contribution is 7.27. The molecule has 25 heavy (non-hydrogen) atoms. The highest BCUT2D eigenvalue weighted by Gasteiger charge is 2.15. The van der Waals surface area contributed by atoms with E-state index < -0.39 is 11.8 Å². The van der Waals surface area contributed by atoms with Crippen LogP contribution in [0.25, 0.3) is 6.08 Å². The van der Waals surface area contributed by atoms with E-state index in [0.717, 1.165) is 5.30 Å². The summed E-state index contributed by atoms with van der Waals surface area (Å²) in [5.41, 5.74) is 6.46. The van der Waals surface area contributed by atoms with Crippen molar-refractivity contribution in [2.75, 3.05) is 20.0 Å². The topological polar surface area (TPSA) is 98.9 Å². The standard InChI is InChI=1S/C18H18NO5P/c1-23-15-9-16(24-2)17(25)7-10(15)3-6-14(20)12-5-4-11(19)8-13(12)18(21)22/h3-9H,19,25H2,1-2H3,(H,21,22)/b6-3+. The van der Waals surface area contributed by atoms with Crippen LogP contribution in [0.5, 0.6) is 11.5 Å². The highest BCUT2D eigenvalue weighted by Crippen LogP contribution is 2.26. The molecule has 0 fully saturated rings. The summed E-state index contributed by atoms with van der Waals surface area (Å²) in [5.74, 6) is -0.487. The maximum absolute atomic E-state index is 12.4. The summed E-state index contributed by atoms with van der Waals surface area (Å²) in [6.07, 6.45) is 2.86. The summed E-state index contributed by atoms with van der Waals surface area (Å²) in [5, 5.41) is 10.0. The molecule has 0 saturated heterocycles. The summed E-state index contributed by atoms with van der Waals surface area (Å²) < 4.78 is 10.5. The van der Waals surface area contributed by atoms with E-state index in [1.165, 1.54) is 31.4 Å². The Morgan fingerprint density at radius 1 is 1.08 bits per heavy atom. The average molecular weight is 359 g/mol. The number of carboxylic acid groups (broad SMARTS) is 1. The predicted octanol–water partition coefficient (Wildman–Crippen LogP) is 2.38. The van der Waals surface area contributed by atoms with Crippen molar-refractivity contribution < 1.29 is 24.2 Å². The Bertz CT molecular complexity index is 861. The van der Waals surface area contributed by atoms with E-state index in [2.05, 4.69) is 9.24 Å². The number of anilines is 1. The number of hydrogen-bond acceptors (Lipinski definition) is 5. The summed E-state index contributed by atoms with van der Waals surface area (Å²) in [4.78, 5) is 23.7. The normalized spacial score (nSPS) is 10.7. The number of carbonyl (C=O) groups is 2. The maximum Gasteiger partial charge on any atom is 0.336 e. The number of carboxylic acids is 1. The minimum Gasteiger partial charge on any atom is -0.496 e. The number of nitrogens with two attached hydrogens (primary N) is 1. The molecule has 3 N–H and O–H groups in total. The first-order valence-corrected chi connectivity index (χ1v) is 7.81. The van der Waals surface area contributed by atoms with E-state index in [9.17, 15) is 14.7 Å². The molecule has 7 heteroatoms. The molecular formula is C18H18NO5P.